The van der Waals surface area contributed by atoms with Crippen LogP contribution in [0.15, 0.2) is 36.4 Å². The first kappa shape index (κ1) is 21.8. The predicted molar refractivity (Wildman–Crippen MR) is 122 cm³/mol. The third-order valence-corrected chi connectivity index (χ3v) is 6.57. The Bertz CT molecular complexity index is 881. The quantitative estimate of drug-likeness (QED) is 0.662. The molecular formula is C22H28Cl2N4O. The first-order chi connectivity index (χ1) is 13.8. The first-order valence-corrected chi connectivity index (χ1v) is 10.6. The second kappa shape index (κ2) is 9.24. The fraction of sp³-hybridized carbons (Fsp3) is 0.409. The number of nitrogen functional groups attached to an aromatic ring is 1. The molecule has 156 valence electrons. The Morgan fingerprint density at radius 3 is 2.55 bits per heavy atom. The van der Waals surface area contributed by atoms with Crippen molar-refractivity contribution in [3.8, 4) is 11.1 Å². The lowest BCUT2D eigenvalue weighted by atomic mass is 10.0. The van der Waals surface area contributed by atoms with E-state index in [-0.39, 0.29) is 18.1 Å². The van der Waals surface area contributed by atoms with Crippen molar-refractivity contribution in [3.05, 3.63) is 52.0 Å². The molecule has 0 aliphatic carbocycles. The van der Waals surface area contributed by atoms with Gasteiger partial charge in [-0.1, -0.05) is 47.5 Å². The Morgan fingerprint density at radius 1 is 1.21 bits per heavy atom. The average molecular weight is 435 g/mol. The van der Waals surface area contributed by atoms with Crippen LogP contribution in [-0.2, 0) is 0 Å². The van der Waals surface area contributed by atoms with E-state index >= 15 is 0 Å². The molecule has 0 spiro atoms. The number of carbonyl (C=O) groups is 1. The van der Waals surface area contributed by atoms with Gasteiger partial charge in [0.15, 0.2) is 0 Å². The zero-order valence-electron chi connectivity index (χ0n) is 17.1. The number of nitrogens with one attached hydrogen (secondary N) is 1. The Labute approximate surface area is 182 Å². The smallest absolute Gasteiger partial charge is 0.317 e. The normalized spacial score (nSPS) is 16.4. The van der Waals surface area contributed by atoms with Gasteiger partial charge in [-0.15, -0.1) is 0 Å². The molecule has 1 heterocycles. The number of nitrogens with two attached hydrogens (primary N) is 1. The van der Waals surface area contributed by atoms with E-state index in [1.807, 2.05) is 50.4 Å². The van der Waals surface area contributed by atoms with Crippen LogP contribution in [0.5, 0.6) is 0 Å². The predicted octanol–water partition coefficient (Wildman–Crippen LogP) is 5.04. The van der Waals surface area contributed by atoms with Gasteiger partial charge >= 0.3 is 6.03 Å². The van der Waals surface area contributed by atoms with E-state index in [0.717, 1.165) is 42.6 Å². The van der Waals surface area contributed by atoms with Crippen LogP contribution >= 0.6 is 23.2 Å². The number of nitrogens with zero attached hydrogens (tertiary/aromatic N) is 2. The summed E-state index contributed by atoms with van der Waals surface area (Å²) in [6, 6.07) is 11.2. The Kier molecular flexibility index (Phi) is 6.93. The standard InChI is InChI=1S/C22H28Cl2N4O/c1-14(26-22(29)28(3)17-9-11-27(2)12-10-17)18-7-8-19(21(24)20(18)23)15-5-4-6-16(25)13-15/h4-8,13-14,17H,9-12,25H2,1-3H3,(H,26,29). The molecule has 1 aliphatic rings. The van der Waals surface area contributed by atoms with E-state index in [9.17, 15) is 4.79 Å². The molecule has 0 saturated carbocycles. The van der Waals surface area contributed by atoms with Crippen LogP contribution in [0.3, 0.4) is 0 Å². The summed E-state index contributed by atoms with van der Waals surface area (Å²) in [6.45, 7) is 3.92. The SMILES string of the molecule is CC(NC(=O)N(C)C1CCN(C)CC1)c1ccc(-c2cccc(N)c2)c(Cl)c1Cl. The van der Waals surface area contributed by atoms with Gasteiger partial charge in [0.2, 0.25) is 0 Å². The third-order valence-electron chi connectivity index (χ3n) is 5.67. The molecule has 2 aromatic carbocycles. The molecule has 0 aromatic heterocycles. The van der Waals surface area contributed by atoms with Crippen molar-refractivity contribution >= 4 is 34.9 Å². The van der Waals surface area contributed by atoms with Crippen molar-refractivity contribution in [1.82, 2.24) is 15.1 Å². The van der Waals surface area contributed by atoms with Gasteiger partial charge in [0, 0.05) is 24.3 Å². The van der Waals surface area contributed by atoms with Gasteiger partial charge in [0.1, 0.15) is 0 Å². The number of hydrogen-bond donors (Lipinski definition) is 2. The van der Waals surface area contributed by atoms with Crippen molar-refractivity contribution in [2.45, 2.75) is 31.8 Å². The van der Waals surface area contributed by atoms with Crippen LogP contribution in [0.25, 0.3) is 11.1 Å². The van der Waals surface area contributed by atoms with Gasteiger partial charge in [0.05, 0.1) is 16.1 Å². The second-order valence-electron chi connectivity index (χ2n) is 7.77. The van der Waals surface area contributed by atoms with Crippen LogP contribution in [0.4, 0.5) is 10.5 Å². The lowest BCUT2D eigenvalue weighted by molar-refractivity contribution is 0.146. The summed E-state index contributed by atoms with van der Waals surface area (Å²) in [6.07, 6.45) is 1.96. The molecule has 7 heteroatoms. The summed E-state index contributed by atoms with van der Waals surface area (Å²) >= 11 is 13.1. The lowest BCUT2D eigenvalue weighted by Gasteiger charge is -2.35. The number of likely N-dealkylation sites (tertiary alicyclic amines) is 1. The van der Waals surface area contributed by atoms with Crippen molar-refractivity contribution in [1.29, 1.82) is 0 Å². The number of rotatable bonds is 4. The van der Waals surface area contributed by atoms with Crippen LogP contribution < -0.4 is 11.1 Å². The highest BCUT2D eigenvalue weighted by atomic mass is 35.5. The number of amides is 2. The molecule has 1 unspecified atom stereocenters. The summed E-state index contributed by atoms with van der Waals surface area (Å²) in [4.78, 5) is 16.8. The molecule has 0 bridgehead atoms. The molecule has 29 heavy (non-hydrogen) atoms. The third kappa shape index (κ3) is 4.97. The molecule has 2 amide bonds. The molecule has 5 nitrogen and oxygen atoms in total. The summed E-state index contributed by atoms with van der Waals surface area (Å²) in [5.41, 5.74) is 9.05. The van der Waals surface area contributed by atoms with E-state index in [2.05, 4.69) is 17.3 Å². The molecule has 2 aromatic rings. The monoisotopic (exact) mass is 434 g/mol. The fourth-order valence-corrected chi connectivity index (χ4v) is 4.35. The maximum Gasteiger partial charge on any atom is 0.317 e. The topological polar surface area (TPSA) is 61.6 Å². The minimum Gasteiger partial charge on any atom is -0.399 e. The molecule has 1 atom stereocenters. The summed E-state index contributed by atoms with van der Waals surface area (Å²) in [7, 11) is 3.97. The van der Waals surface area contributed by atoms with E-state index in [1.54, 1.807) is 4.90 Å². The molecule has 3 N–H and O–H groups in total. The van der Waals surface area contributed by atoms with Crippen molar-refractivity contribution < 1.29 is 4.79 Å². The molecular weight excluding hydrogens is 407 g/mol. The van der Waals surface area contributed by atoms with Crippen LogP contribution in [-0.4, -0.2) is 49.1 Å². The van der Waals surface area contributed by atoms with Crippen molar-refractivity contribution in [2.24, 2.45) is 0 Å². The van der Waals surface area contributed by atoms with Gasteiger partial charge in [-0.3, -0.25) is 0 Å². The van der Waals surface area contributed by atoms with Gasteiger partial charge in [-0.05, 0) is 63.2 Å². The number of urea groups is 1. The summed E-state index contributed by atoms with van der Waals surface area (Å²) in [5.74, 6) is 0. The van der Waals surface area contributed by atoms with E-state index in [4.69, 9.17) is 28.9 Å². The Morgan fingerprint density at radius 2 is 1.90 bits per heavy atom. The van der Waals surface area contributed by atoms with Crippen LogP contribution in [0.1, 0.15) is 31.4 Å². The lowest BCUT2D eigenvalue weighted by Crippen LogP contribution is -2.48. The maximum atomic E-state index is 12.7. The first-order valence-electron chi connectivity index (χ1n) is 9.83. The summed E-state index contributed by atoms with van der Waals surface area (Å²) in [5, 5.41) is 3.95. The zero-order valence-corrected chi connectivity index (χ0v) is 18.6. The highest BCUT2D eigenvalue weighted by Crippen LogP contribution is 2.38. The van der Waals surface area contributed by atoms with Gasteiger partial charge in [-0.25, -0.2) is 4.79 Å². The van der Waals surface area contributed by atoms with E-state index < -0.39 is 0 Å². The number of halogens is 2. The van der Waals surface area contributed by atoms with E-state index in [0.29, 0.717) is 15.7 Å². The van der Waals surface area contributed by atoms with E-state index in [1.165, 1.54) is 0 Å². The van der Waals surface area contributed by atoms with Crippen LogP contribution in [0.2, 0.25) is 10.0 Å². The Hall–Kier alpha value is -1.95. The van der Waals surface area contributed by atoms with Gasteiger partial charge in [0.25, 0.3) is 0 Å². The molecule has 1 aliphatic heterocycles. The highest BCUT2D eigenvalue weighted by molar-refractivity contribution is 6.44. The molecule has 1 saturated heterocycles. The van der Waals surface area contributed by atoms with Crippen molar-refractivity contribution in [2.75, 3.05) is 32.9 Å². The highest BCUT2D eigenvalue weighted by Gasteiger charge is 2.25. The molecule has 1 fully saturated rings. The summed E-state index contributed by atoms with van der Waals surface area (Å²) < 4.78 is 0. The number of benzene rings is 2. The zero-order chi connectivity index (χ0) is 21.1. The molecule has 0 radical (unpaired) electrons. The van der Waals surface area contributed by atoms with Crippen LogP contribution in [0, 0.1) is 0 Å². The minimum absolute atomic E-state index is 0.0980. The number of hydrogen-bond acceptors (Lipinski definition) is 3. The van der Waals surface area contributed by atoms with Gasteiger partial charge in [-0.2, -0.15) is 0 Å². The van der Waals surface area contributed by atoms with Crippen molar-refractivity contribution in [3.63, 3.8) is 0 Å². The average Bonchev–Trinajstić information content (AvgIpc) is 2.69. The number of anilines is 1. The largest absolute Gasteiger partial charge is 0.399 e. The Balaban J connectivity index is 1.73. The maximum absolute atomic E-state index is 12.7. The van der Waals surface area contributed by atoms with Gasteiger partial charge < -0.3 is 20.9 Å². The second-order valence-corrected chi connectivity index (χ2v) is 8.53. The fourth-order valence-electron chi connectivity index (χ4n) is 3.74. The molecule has 3 rings (SSSR count). The minimum atomic E-state index is -0.267. The number of piperidine rings is 1. The number of carbonyl (C=O) groups excluding carboxylic acids is 1.